The van der Waals surface area contributed by atoms with E-state index in [2.05, 4.69) is 22.2 Å². The Morgan fingerprint density at radius 1 is 1.44 bits per heavy atom. The lowest BCUT2D eigenvalue weighted by Gasteiger charge is -2.17. The highest BCUT2D eigenvalue weighted by Gasteiger charge is 2.14. The van der Waals surface area contributed by atoms with E-state index in [-0.39, 0.29) is 22.9 Å². The maximum Gasteiger partial charge on any atom is 0.256 e. The predicted molar refractivity (Wildman–Crippen MR) is 97.2 cm³/mol. The Morgan fingerprint density at radius 3 is 2.84 bits per heavy atom. The van der Waals surface area contributed by atoms with Crippen LogP contribution < -0.4 is 16.0 Å². The van der Waals surface area contributed by atoms with Gasteiger partial charge in [0.2, 0.25) is 5.95 Å². The number of aromatic nitrogens is 2. The SMILES string of the molecule is CCCCN(C)c1ncc(C(=O)NCc2ccc(F)c(Cl)c2)c(N)n1. The summed E-state index contributed by atoms with van der Waals surface area (Å²) in [5, 5.41) is 2.70. The topological polar surface area (TPSA) is 84.1 Å². The van der Waals surface area contributed by atoms with Crippen molar-refractivity contribution in [1.82, 2.24) is 15.3 Å². The van der Waals surface area contributed by atoms with Gasteiger partial charge in [0.05, 0.1) is 10.6 Å². The number of carbonyl (C=O) groups is 1. The first kappa shape index (κ1) is 18.9. The lowest BCUT2D eigenvalue weighted by molar-refractivity contribution is 0.0951. The summed E-state index contributed by atoms with van der Waals surface area (Å²) < 4.78 is 13.1. The molecule has 0 radical (unpaired) electrons. The van der Waals surface area contributed by atoms with Gasteiger partial charge in [-0.05, 0) is 24.1 Å². The minimum atomic E-state index is -0.503. The first-order valence-corrected chi connectivity index (χ1v) is 8.36. The largest absolute Gasteiger partial charge is 0.383 e. The van der Waals surface area contributed by atoms with Crippen molar-refractivity contribution in [2.24, 2.45) is 0 Å². The van der Waals surface area contributed by atoms with E-state index in [1.807, 2.05) is 11.9 Å². The fourth-order valence-corrected chi connectivity index (χ4v) is 2.37. The summed E-state index contributed by atoms with van der Waals surface area (Å²) >= 11 is 5.72. The quantitative estimate of drug-likeness (QED) is 0.787. The minimum absolute atomic E-state index is 0.00839. The lowest BCUT2D eigenvalue weighted by Crippen LogP contribution is -2.26. The molecule has 0 atom stereocenters. The smallest absolute Gasteiger partial charge is 0.256 e. The number of nitrogens with two attached hydrogens (primary N) is 1. The third kappa shape index (κ3) is 5.03. The van der Waals surface area contributed by atoms with Crippen LogP contribution in [0.2, 0.25) is 5.02 Å². The molecular formula is C17H21ClFN5O. The third-order valence-electron chi connectivity index (χ3n) is 3.68. The first-order valence-electron chi connectivity index (χ1n) is 7.98. The van der Waals surface area contributed by atoms with Crippen LogP contribution in [-0.2, 0) is 6.54 Å². The first-order chi connectivity index (χ1) is 11.9. The normalized spacial score (nSPS) is 10.6. The molecule has 1 amide bonds. The fraction of sp³-hybridized carbons (Fsp3) is 0.353. The number of benzene rings is 1. The summed E-state index contributed by atoms with van der Waals surface area (Å²) in [4.78, 5) is 22.5. The van der Waals surface area contributed by atoms with Gasteiger partial charge in [0.1, 0.15) is 11.6 Å². The average molecular weight is 366 g/mol. The molecule has 134 valence electrons. The van der Waals surface area contributed by atoms with Gasteiger partial charge in [0.25, 0.3) is 5.91 Å². The molecule has 2 rings (SSSR count). The molecule has 3 N–H and O–H groups in total. The summed E-state index contributed by atoms with van der Waals surface area (Å²) in [5.41, 5.74) is 6.76. The molecule has 0 fully saturated rings. The van der Waals surface area contributed by atoms with Gasteiger partial charge in [-0.25, -0.2) is 9.37 Å². The summed E-state index contributed by atoms with van der Waals surface area (Å²) in [6.07, 6.45) is 3.49. The van der Waals surface area contributed by atoms with Gasteiger partial charge in [-0.2, -0.15) is 4.98 Å². The van der Waals surface area contributed by atoms with Crippen LogP contribution in [0.4, 0.5) is 16.2 Å². The Labute approximate surface area is 151 Å². The van der Waals surface area contributed by atoms with Crippen LogP contribution in [-0.4, -0.2) is 29.5 Å². The van der Waals surface area contributed by atoms with Crippen molar-refractivity contribution in [3.05, 3.63) is 46.4 Å². The number of rotatable bonds is 7. The van der Waals surface area contributed by atoms with E-state index in [0.717, 1.165) is 19.4 Å². The standard InChI is InChI=1S/C17H21ClFN5O/c1-3-4-7-24(2)17-22-10-12(15(20)23-17)16(25)21-9-11-5-6-14(19)13(18)8-11/h5-6,8,10H,3-4,7,9H2,1-2H3,(H,21,25)(H2,20,22,23). The van der Waals surface area contributed by atoms with Gasteiger partial charge < -0.3 is 16.0 Å². The molecule has 0 spiro atoms. The number of unbranched alkanes of at least 4 members (excludes halogenated alkanes) is 1. The van der Waals surface area contributed by atoms with Crippen molar-refractivity contribution in [3.63, 3.8) is 0 Å². The molecule has 6 nitrogen and oxygen atoms in total. The highest BCUT2D eigenvalue weighted by atomic mass is 35.5. The van der Waals surface area contributed by atoms with Crippen LogP contribution in [0.5, 0.6) is 0 Å². The van der Waals surface area contributed by atoms with Crippen LogP contribution in [0.1, 0.15) is 35.7 Å². The number of amides is 1. The lowest BCUT2D eigenvalue weighted by atomic mass is 10.2. The van der Waals surface area contributed by atoms with E-state index >= 15 is 0 Å². The number of hydrogen-bond donors (Lipinski definition) is 2. The molecule has 0 aliphatic heterocycles. The molecule has 8 heteroatoms. The monoisotopic (exact) mass is 365 g/mol. The Morgan fingerprint density at radius 2 is 2.20 bits per heavy atom. The maximum atomic E-state index is 13.1. The summed E-state index contributed by atoms with van der Waals surface area (Å²) in [7, 11) is 1.88. The van der Waals surface area contributed by atoms with Gasteiger partial charge >= 0.3 is 0 Å². The van der Waals surface area contributed by atoms with E-state index in [1.54, 1.807) is 6.07 Å². The zero-order valence-electron chi connectivity index (χ0n) is 14.2. The van der Waals surface area contributed by atoms with Gasteiger partial charge in [-0.1, -0.05) is 31.0 Å². The Bertz CT molecular complexity index is 756. The molecule has 1 heterocycles. The van der Waals surface area contributed by atoms with Crippen molar-refractivity contribution in [2.45, 2.75) is 26.3 Å². The number of nitrogen functional groups attached to an aromatic ring is 1. The van der Waals surface area contributed by atoms with Gasteiger partial charge in [-0.15, -0.1) is 0 Å². The van der Waals surface area contributed by atoms with Crippen LogP contribution in [0.15, 0.2) is 24.4 Å². The number of halogens is 2. The van der Waals surface area contributed by atoms with Gasteiger partial charge in [0.15, 0.2) is 0 Å². The van der Waals surface area contributed by atoms with E-state index in [1.165, 1.54) is 18.3 Å². The Hall–Kier alpha value is -2.41. The second-order valence-corrected chi connectivity index (χ2v) is 6.08. The highest BCUT2D eigenvalue weighted by Crippen LogP contribution is 2.17. The molecule has 25 heavy (non-hydrogen) atoms. The van der Waals surface area contributed by atoms with Crippen molar-refractivity contribution in [3.8, 4) is 0 Å². The van der Waals surface area contributed by atoms with E-state index in [0.29, 0.717) is 11.5 Å². The van der Waals surface area contributed by atoms with Crippen LogP contribution >= 0.6 is 11.6 Å². The summed E-state index contributed by atoms with van der Waals surface area (Å²) in [6.45, 7) is 3.11. The zero-order chi connectivity index (χ0) is 18.4. The number of carbonyl (C=O) groups excluding carboxylic acids is 1. The Kier molecular flexibility index (Phi) is 6.52. The second-order valence-electron chi connectivity index (χ2n) is 5.68. The Balaban J connectivity index is 2.02. The number of nitrogens with one attached hydrogen (secondary N) is 1. The number of anilines is 2. The molecule has 0 aliphatic carbocycles. The van der Waals surface area contributed by atoms with Crippen molar-refractivity contribution in [1.29, 1.82) is 0 Å². The molecule has 2 aromatic rings. The van der Waals surface area contributed by atoms with E-state index in [4.69, 9.17) is 17.3 Å². The molecule has 1 aromatic heterocycles. The summed E-state index contributed by atoms with van der Waals surface area (Å²) in [5.74, 6) is -0.311. The van der Waals surface area contributed by atoms with Crippen molar-refractivity contribution >= 4 is 29.3 Å². The molecule has 0 aliphatic rings. The van der Waals surface area contributed by atoms with Crippen LogP contribution in [0.25, 0.3) is 0 Å². The van der Waals surface area contributed by atoms with E-state index in [9.17, 15) is 9.18 Å². The minimum Gasteiger partial charge on any atom is -0.383 e. The molecule has 0 unspecified atom stereocenters. The van der Waals surface area contributed by atoms with E-state index < -0.39 is 11.7 Å². The van der Waals surface area contributed by atoms with Crippen LogP contribution in [0, 0.1) is 5.82 Å². The summed E-state index contributed by atoms with van der Waals surface area (Å²) in [6, 6.07) is 4.26. The molecule has 0 saturated carbocycles. The highest BCUT2D eigenvalue weighted by molar-refractivity contribution is 6.30. The predicted octanol–water partition coefficient (Wildman–Crippen LogP) is 3.02. The van der Waals surface area contributed by atoms with Crippen LogP contribution in [0.3, 0.4) is 0 Å². The van der Waals surface area contributed by atoms with Gasteiger partial charge in [-0.3, -0.25) is 4.79 Å². The fourth-order valence-electron chi connectivity index (χ4n) is 2.17. The molecule has 1 aromatic carbocycles. The number of hydrogen-bond acceptors (Lipinski definition) is 5. The maximum absolute atomic E-state index is 13.1. The second kappa shape index (κ2) is 8.62. The van der Waals surface area contributed by atoms with Crippen molar-refractivity contribution in [2.75, 3.05) is 24.2 Å². The number of nitrogens with zero attached hydrogens (tertiary/aromatic N) is 3. The third-order valence-corrected chi connectivity index (χ3v) is 3.97. The van der Waals surface area contributed by atoms with Gasteiger partial charge in [0, 0.05) is 26.3 Å². The molecule has 0 bridgehead atoms. The zero-order valence-corrected chi connectivity index (χ0v) is 15.0. The molecular weight excluding hydrogens is 345 g/mol. The average Bonchev–Trinajstić information content (AvgIpc) is 2.60. The molecule has 0 saturated heterocycles. The van der Waals surface area contributed by atoms with Crippen molar-refractivity contribution < 1.29 is 9.18 Å².